The topological polar surface area (TPSA) is 41.5 Å². The maximum atomic E-state index is 11.8. The van der Waals surface area contributed by atoms with Crippen LogP contribution >= 0.6 is 0 Å². The average Bonchev–Trinajstić information content (AvgIpc) is 1.96. The number of carbonyl (C=O) groups is 1. The summed E-state index contributed by atoms with van der Waals surface area (Å²) in [5.74, 6) is -0.0523. The SMILES string of the molecule is CC(C)(C)C(=O)NN=C(C(C)(C)C)C(C)(C)C. The molecule has 0 aromatic rings. The van der Waals surface area contributed by atoms with Gasteiger partial charge in [0.15, 0.2) is 0 Å². The molecular formula is C14H28N2O. The lowest BCUT2D eigenvalue weighted by Crippen LogP contribution is -2.38. The maximum Gasteiger partial charge on any atom is 0.245 e. The minimum absolute atomic E-state index is 0.0522. The molecule has 0 aromatic carbocycles. The predicted octanol–water partition coefficient (Wildman–Crippen LogP) is 3.60. The van der Waals surface area contributed by atoms with Crippen LogP contribution in [0.2, 0.25) is 0 Å². The van der Waals surface area contributed by atoms with Gasteiger partial charge in [-0.2, -0.15) is 5.10 Å². The molecule has 0 aliphatic rings. The van der Waals surface area contributed by atoms with Gasteiger partial charge < -0.3 is 0 Å². The number of carbonyl (C=O) groups excluding carboxylic acids is 1. The van der Waals surface area contributed by atoms with Gasteiger partial charge in [0, 0.05) is 22.0 Å². The first kappa shape index (κ1) is 16.1. The number of nitrogens with one attached hydrogen (secondary N) is 1. The van der Waals surface area contributed by atoms with Gasteiger partial charge in [-0.25, -0.2) is 5.43 Å². The van der Waals surface area contributed by atoms with Crippen LogP contribution in [0.3, 0.4) is 0 Å². The van der Waals surface area contributed by atoms with Crippen molar-refractivity contribution < 1.29 is 4.79 Å². The summed E-state index contributed by atoms with van der Waals surface area (Å²) >= 11 is 0. The van der Waals surface area contributed by atoms with Crippen molar-refractivity contribution in [2.75, 3.05) is 0 Å². The van der Waals surface area contributed by atoms with E-state index >= 15 is 0 Å². The summed E-state index contributed by atoms with van der Waals surface area (Å²) in [6.07, 6.45) is 0. The summed E-state index contributed by atoms with van der Waals surface area (Å²) in [6.45, 7) is 18.3. The second kappa shape index (κ2) is 4.79. The highest BCUT2D eigenvalue weighted by atomic mass is 16.2. The molecule has 0 heterocycles. The zero-order chi connectivity index (χ0) is 14.1. The van der Waals surface area contributed by atoms with Crippen LogP contribution in [-0.4, -0.2) is 11.6 Å². The lowest BCUT2D eigenvalue weighted by molar-refractivity contribution is -0.128. The smallest absolute Gasteiger partial charge is 0.245 e. The Morgan fingerprint density at radius 2 is 1.12 bits per heavy atom. The molecule has 3 heteroatoms. The van der Waals surface area contributed by atoms with E-state index in [-0.39, 0.29) is 16.7 Å². The van der Waals surface area contributed by atoms with Gasteiger partial charge in [0.2, 0.25) is 5.91 Å². The molecule has 0 unspecified atom stereocenters. The van der Waals surface area contributed by atoms with Crippen LogP contribution in [0.25, 0.3) is 0 Å². The fourth-order valence-corrected chi connectivity index (χ4v) is 1.73. The van der Waals surface area contributed by atoms with Gasteiger partial charge in [-0.3, -0.25) is 4.79 Å². The van der Waals surface area contributed by atoms with E-state index in [9.17, 15) is 4.79 Å². The second-order valence-electron chi connectivity index (χ2n) is 7.65. The van der Waals surface area contributed by atoms with Gasteiger partial charge in [-0.15, -0.1) is 0 Å². The van der Waals surface area contributed by atoms with Gasteiger partial charge in [0.25, 0.3) is 0 Å². The molecule has 1 amide bonds. The van der Waals surface area contributed by atoms with Crippen LogP contribution in [-0.2, 0) is 4.79 Å². The zero-order valence-corrected chi connectivity index (χ0v) is 12.9. The molecule has 3 nitrogen and oxygen atoms in total. The van der Waals surface area contributed by atoms with E-state index in [2.05, 4.69) is 52.1 Å². The predicted molar refractivity (Wildman–Crippen MR) is 73.9 cm³/mol. The Morgan fingerprint density at radius 1 is 0.765 bits per heavy atom. The van der Waals surface area contributed by atoms with E-state index < -0.39 is 5.41 Å². The summed E-state index contributed by atoms with van der Waals surface area (Å²) in [6, 6.07) is 0. The van der Waals surface area contributed by atoms with Crippen molar-refractivity contribution in [3.8, 4) is 0 Å². The summed E-state index contributed by atoms with van der Waals surface area (Å²) in [7, 11) is 0. The Bertz CT molecular complexity index is 293. The summed E-state index contributed by atoms with van der Waals surface area (Å²) in [4.78, 5) is 11.8. The van der Waals surface area contributed by atoms with Crippen LogP contribution in [0.4, 0.5) is 0 Å². The molecule has 0 rings (SSSR count). The molecular weight excluding hydrogens is 212 g/mol. The van der Waals surface area contributed by atoms with Gasteiger partial charge in [-0.1, -0.05) is 62.3 Å². The molecule has 0 saturated heterocycles. The Balaban J connectivity index is 5.07. The largest absolute Gasteiger partial charge is 0.273 e. The van der Waals surface area contributed by atoms with Gasteiger partial charge in [-0.05, 0) is 0 Å². The van der Waals surface area contributed by atoms with Gasteiger partial charge in [0.1, 0.15) is 0 Å². The van der Waals surface area contributed by atoms with Crippen LogP contribution < -0.4 is 5.43 Å². The summed E-state index contributed by atoms with van der Waals surface area (Å²) in [5, 5.41) is 4.35. The van der Waals surface area contributed by atoms with Crippen LogP contribution in [0.5, 0.6) is 0 Å². The molecule has 0 saturated carbocycles. The Labute approximate surface area is 106 Å². The summed E-state index contributed by atoms with van der Waals surface area (Å²) < 4.78 is 0. The first-order chi connectivity index (χ1) is 7.26. The third-order valence-electron chi connectivity index (χ3n) is 2.37. The molecule has 0 bridgehead atoms. The normalized spacial score (nSPS) is 13.2. The highest BCUT2D eigenvalue weighted by Crippen LogP contribution is 2.29. The molecule has 0 aliphatic carbocycles. The molecule has 0 aliphatic heterocycles. The lowest BCUT2D eigenvalue weighted by Gasteiger charge is -2.32. The third kappa shape index (κ3) is 5.33. The van der Waals surface area contributed by atoms with Crippen molar-refractivity contribution in [3.05, 3.63) is 0 Å². The molecule has 0 fully saturated rings. The number of rotatable bonds is 1. The molecule has 0 atom stereocenters. The number of hydrazone groups is 1. The minimum Gasteiger partial charge on any atom is -0.273 e. The summed E-state index contributed by atoms with van der Waals surface area (Å²) in [5.41, 5.74) is 3.17. The lowest BCUT2D eigenvalue weighted by atomic mass is 9.75. The number of amides is 1. The number of nitrogens with zero attached hydrogens (tertiary/aromatic N) is 1. The van der Waals surface area contributed by atoms with Crippen LogP contribution in [0, 0.1) is 16.2 Å². The fourth-order valence-electron chi connectivity index (χ4n) is 1.73. The van der Waals surface area contributed by atoms with Crippen molar-refractivity contribution in [2.45, 2.75) is 62.3 Å². The van der Waals surface area contributed by atoms with Crippen molar-refractivity contribution >= 4 is 11.6 Å². The Kier molecular flexibility index (Phi) is 4.55. The van der Waals surface area contributed by atoms with E-state index in [1.54, 1.807) is 0 Å². The standard InChI is InChI=1S/C14H28N2O/c1-12(2,3)10(13(4,5)6)15-16-11(17)14(7,8)9/h1-9H3,(H,16,17). The van der Waals surface area contributed by atoms with Gasteiger partial charge >= 0.3 is 0 Å². The zero-order valence-electron chi connectivity index (χ0n) is 12.9. The van der Waals surface area contributed by atoms with E-state index in [0.29, 0.717) is 0 Å². The van der Waals surface area contributed by atoms with Gasteiger partial charge in [0.05, 0.1) is 0 Å². The van der Waals surface area contributed by atoms with Crippen molar-refractivity contribution in [1.29, 1.82) is 0 Å². The first-order valence-corrected chi connectivity index (χ1v) is 6.15. The van der Waals surface area contributed by atoms with Crippen molar-refractivity contribution in [3.63, 3.8) is 0 Å². The maximum absolute atomic E-state index is 11.8. The van der Waals surface area contributed by atoms with Crippen molar-refractivity contribution in [2.24, 2.45) is 21.3 Å². The van der Waals surface area contributed by atoms with Crippen LogP contribution in [0.15, 0.2) is 5.10 Å². The van der Waals surface area contributed by atoms with Crippen LogP contribution in [0.1, 0.15) is 62.3 Å². The first-order valence-electron chi connectivity index (χ1n) is 6.15. The Morgan fingerprint density at radius 3 is 1.35 bits per heavy atom. The van der Waals surface area contributed by atoms with Crippen molar-refractivity contribution in [1.82, 2.24) is 5.43 Å². The van der Waals surface area contributed by atoms with E-state index in [1.807, 2.05) is 20.8 Å². The quantitative estimate of drug-likeness (QED) is 0.552. The molecule has 1 N–H and O–H groups in total. The fraction of sp³-hybridized carbons (Fsp3) is 0.857. The third-order valence-corrected chi connectivity index (χ3v) is 2.37. The van der Waals surface area contributed by atoms with E-state index in [0.717, 1.165) is 5.71 Å². The number of hydrogen-bond donors (Lipinski definition) is 1. The average molecular weight is 240 g/mol. The molecule has 0 aromatic heterocycles. The highest BCUT2D eigenvalue weighted by molar-refractivity contribution is 5.94. The molecule has 100 valence electrons. The number of hydrogen-bond acceptors (Lipinski definition) is 2. The molecule has 0 radical (unpaired) electrons. The van der Waals surface area contributed by atoms with E-state index in [4.69, 9.17) is 0 Å². The minimum atomic E-state index is -0.412. The molecule has 17 heavy (non-hydrogen) atoms. The molecule has 0 spiro atoms. The Hall–Kier alpha value is -0.860. The monoisotopic (exact) mass is 240 g/mol. The highest BCUT2D eigenvalue weighted by Gasteiger charge is 2.31. The van der Waals surface area contributed by atoms with E-state index in [1.165, 1.54) is 0 Å². The second-order valence-corrected chi connectivity index (χ2v) is 7.65.